The summed E-state index contributed by atoms with van der Waals surface area (Å²) in [5, 5.41) is 11.2. The van der Waals surface area contributed by atoms with Crippen molar-refractivity contribution in [3.05, 3.63) is 0 Å². The van der Waals surface area contributed by atoms with Crippen molar-refractivity contribution in [3.63, 3.8) is 0 Å². The van der Waals surface area contributed by atoms with E-state index in [9.17, 15) is 14.4 Å². The molecule has 2 N–H and O–H groups in total. The fraction of sp³-hybridized carbons (Fsp3) is 0.769. The van der Waals surface area contributed by atoms with Gasteiger partial charge in [0.25, 0.3) is 0 Å². The van der Waals surface area contributed by atoms with Crippen molar-refractivity contribution in [2.24, 2.45) is 5.92 Å². The predicted molar refractivity (Wildman–Crippen MR) is 69.9 cm³/mol. The molecule has 0 fully saturated rings. The lowest BCUT2D eigenvalue weighted by molar-refractivity contribution is -0.141. The van der Waals surface area contributed by atoms with E-state index in [2.05, 4.69) is 5.32 Å². The van der Waals surface area contributed by atoms with Crippen LogP contribution in [0, 0.1) is 5.92 Å². The van der Waals surface area contributed by atoms with Gasteiger partial charge in [0.2, 0.25) is 0 Å². The monoisotopic (exact) mass is 273 g/mol. The molecule has 2 unspecified atom stereocenters. The highest BCUT2D eigenvalue weighted by Crippen LogP contribution is 2.10. The zero-order valence-electron chi connectivity index (χ0n) is 12.1. The van der Waals surface area contributed by atoms with Gasteiger partial charge < -0.3 is 15.2 Å². The molecule has 2 atom stereocenters. The Hall–Kier alpha value is -1.59. The van der Waals surface area contributed by atoms with E-state index in [4.69, 9.17) is 9.84 Å². The van der Waals surface area contributed by atoms with Crippen LogP contribution in [0.2, 0.25) is 0 Å². The van der Waals surface area contributed by atoms with Crippen LogP contribution in [0.4, 0.5) is 4.79 Å². The number of ether oxygens (including phenoxy) is 1. The highest BCUT2D eigenvalue weighted by molar-refractivity contribution is 5.89. The van der Waals surface area contributed by atoms with E-state index in [1.54, 1.807) is 27.7 Å². The van der Waals surface area contributed by atoms with Gasteiger partial charge in [0, 0.05) is 12.3 Å². The third kappa shape index (κ3) is 7.43. The summed E-state index contributed by atoms with van der Waals surface area (Å²) >= 11 is 0. The van der Waals surface area contributed by atoms with Gasteiger partial charge in [0.05, 0.1) is 0 Å². The van der Waals surface area contributed by atoms with Crippen molar-refractivity contribution in [3.8, 4) is 0 Å². The SMILES string of the molecule is CCC(C)C(=O)CC(NC(=O)OC(C)(C)C)C(=O)O. The van der Waals surface area contributed by atoms with E-state index in [-0.39, 0.29) is 18.1 Å². The number of ketones is 1. The standard InChI is InChI=1S/C13H23NO5/c1-6-8(2)10(15)7-9(11(16)17)14-12(18)19-13(3,4)5/h8-9H,6-7H2,1-5H3,(H,14,18)(H,16,17). The Morgan fingerprint density at radius 1 is 1.26 bits per heavy atom. The number of rotatable bonds is 6. The molecule has 0 aliphatic heterocycles. The molecule has 0 saturated heterocycles. The van der Waals surface area contributed by atoms with Gasteiger partial charge in [-0.05, 0) is 27.2 Å². The first-order chi connectivity index (χ1) is 8.56. The van der Waals surface area contributed by atoms with Crippen LogP contribution >= 0.6 is 0 Å². The number of carboxylic acids is 1. The number of carbonyl (C=O) groups excluding carboxylic acids is 2. The normalized spacial score (nSPS) is 14.4. The lowest BCUT2D eigenvalue weighted by atomic mass is 9.98. The minimum absolute atomic E-state index is 0.189. The van der Waals surface area contributed by atoms with Crippen molar-refractivity contribution >= 4 is 17.8 Å². The lowest BCUT2D eigenvalue weighted by Gasteiger charge is -2.22. The molecule has 0 radical (unpaired) electrons. The van der Waals surface area contributed by atoms with Crippen LogP contribution in [0.3, 0.4) is 0 Å². The first-order valence-corrected chi connectivity index (χ1v) is 6.31. The fourth-order valence-corrected chi connectivity index (χ4v) is 1.28. The molecule has 6 nitrogen and oxygen atoms in total. The summed E-state index contributed by atoms with van der Waals surface area (Å²) in [7, 11) is 0. The number of aliphatic carboxylic acids is 1. The summed E-state index contributed by atoms with van der Waals surface area (Å²) in [6.07, 6.45) is -0.432. The van der Waals surface area contributed by atoms with Crippen molar-refractivity contribution in [1.82, 2.24) is 5.32 Å². The zero-order chi connectivity index (χ0) is 15.2. The Morgan fingerprint density at radius 2 is 1.79 bits per heavy atom. The van der Waals surface area contributed by atoms with Gasteiger partial charge in [-0.2, -0.15) is 0 Å². The molecule has 0 spiro atoms. The van der Waals surface area contributed by atoms with Gasteiger partial charge in [0.15, 0.2) is 0 Å². The first kappa shape index (κ1) is 17.4. The van der Waals surface area contributed by atoms with Gasteiger partial charge >= 0.3 is 12.1 Å². The maximum Gasteiger partial charge on any atom is 0.408 e. The average Bonchev–Trinajstić information content (AvgIpc) is 2.24. The molecule has 1 amide bonds. The molecular weight excluding hydrogens is 250 g/mol. The molecular formula is C13H23NO5. The molecule has 0 rings (SSSR count). The van der Waals surface area contributed by atoms with Gasteiger partial charge in [-0.1, -0.05) is 13.8 Å². The molecule has 0 heterocycles. The quantitative estimate of drug-likeness (QED) is 0.771. The molecule has 6 heteroatoms. The van der Waals surface area contributed by atoms with Crippen molar-refractivity contribution in [2.75, 3.05) is 0 Å². The highest BCUT2D eigenvalue weighted by Gasteiger charge is 2.27. The summed E-state index contributed by atoms with van der Waals surface area (Å²) in [6.45, 7) is 8.60. The van der Waals surface area contributed by atoms with Gasteiger partial charge in [-0.3, -0.25) is 4.79 Å². The third-order valence-electron chi connectivity index (χ3n) is 2.56. The smallest absolute Gasteiger partial charge is 0.408 e. The lowest BCUT2D eigenvalue weighted by Crippen LogP contribution is -2.45. The number of Topliss-reactive ketones (excluding diaryl/α,β-unsaturated/α-hetero) is 1. The number of nitrogens with one attached hydrogen (secondary N) is 1. The number of hydrogen-bond donors (Lipinski definition) is 2. The van der Waals surface area contributed by atoms with E-state index in [1.807, 2.05) is 6.92 Å². The maximum atomic E-state index is 11.7. The second-order valence-electron chi connectivity index (χ2n) is 5.52. The number of amides is 1. The minimum Gasteiger partial charge on any atom is -0.480 e. The second kappa shape index (κ2) is 7.11. The Bertz CT molecular complexity index is 345. The van der Waals surface area contributed by atoms with E-state index in [1.165, 1.54) is 0 Å². The molecule has 110 valence electrons. The van der Waals surface area contributed by atoms with Crippen LogP contribution in [0.25, 0.3) is 0 Å². The molecule has 0 aromatic rings. The van der Waals surface area contributed by atoms with Crippen LogP contribution < -0.4 is 5.32 Å². The van der Waals surface area contributed by atoms with Crippen molar-refractivity contribution < 1.29 is 24.2 Å². The Labute approximate surface area is 113 Å². The van der Waals surface area contributed by atoms with Crippen LogP contribution in [-0.2, 0) is 14.3 Å². The van der Waals surface area contributed by atoms with E-state index in [0.29, 0.717) is 6.42 Å². The highest BCUT2D eigenvalue weighted by atomic mass is 16.6. The molecule has 0 aromatic heterocycles. The van der Waals surface area contributed by atoms with E-state index in [0.717, 1.165) is 0 Å². The summed E-state index contributed by atoms with van der Waals surface area (Å²) in [4.78, 5) is 34.2. The van der Waals surface area contributed by atoms with Gasteiger partial charge in [0.1, 0.15) is 17.4 Å². The average molecular weight is 273 g/mol. The van der Waals surface area contributed by atoms with E-state index < -0.39 is 23.7 Å². The van der Waals surface area contributed by atoms with Gasteiger partial charge in [-0.15, -0.1) is 0 Å². The van der Waals surface area contributed by atoms with Crippen molar-refractivity contribution in [2.45, 2.75) is 59.1 Å². The topological polar surface area (TPSA) is 92.7 Å². The fourth-order valence-electron chi connectivity index (χ4n) is 1.28. The number of carbonyl (C=O) groups is 3. The summed E-state index contributed by atoms with van der Waals surface area (Å²) < 4.78 is 4.96. The summed E-state index contributed by atoms with van der Waals surface area (Å²) in [5.41, 5.74) is -0.714. The Balaban J connectivity index is 4.55. The van der Waals surface area contributed by atoms with Crippen LogP contribution in [0.15, 0.2) is 0 Å². The predicted octanol–water partition coefficient (Wildman–Crippen LogP) is 1.97. The number of hydrogen-bond acceptors (Lipinski definition) is 4. The van der Waals surface area contributed by atoms with Crippen molar-refractivity contribution in [1.29, 1.82) is 0 Å². The summed E-state index contributed by atoms with van der Waals surface area (Å²) in [6, 6.07) is -1.25. The Morgan fingerprint density at radius 3 is 2.16 bits per heavy atom. The second-order valence-corrected chi connectivity index (χ2v) is 5.52. The van der Waals surface area contributed by atoms with Crippen LogP contribution in [0.5, 0.6) is 0 Å². The zero-order valence-corrected chi connectivity index (χ0v) is 12.1. The molecule has 0 aromatic carbocycles. The largest absolute Gasteiger partial charge is 0.480 e. The molecule has 0 saturated carbocycles. The molecule has 19 heavy (non-hydrogen) atoms. The molecule has 0 aliphatic rings. The van der Waals surface area contributed by atoms with Gasteiger partial charge in [-0.25, -0.2) is 9.59 Å². The minimum atomic E-state index is -1.25. The first-order valence-electron chi connectivity index (χ1n) is 6.31. The maximum absolute atomic E-state index is 11.7. The third-order valence-corrected chi connectivity index (χ3v) is 2.56. The van der Waals surface area contributed by atoms with Crippen LogP contribution in [0.1, 0.15) is 47.5 Å². The number of alkyl carbamates (subject to hydrolysis) is 1. The number of carboxylic acid groups (broad SMARTS) is 1. The summed E-state index contributed by atoms with van der Waals surface area (Å²) in [5.74, 6) is -1.66. The van der Waals surface area contributed by atoms with Crippen LogP contribution in [-0.4, -0.2) is 34.6 Å². The molecule has 0 aliphatic carbocycles. The molecule has 0 bridgehead atoms. The Kier molecular flexibility index (Phi) is 6.52. The van der Waals surface area contributed by atoms with E-state index >= 15 is 0 Å².